The summed E-state index contributed by atoms with van der Waals surface area (Å²) in [6.45, 7) is 0. The summed E-state index contributed by atoms with van der Waals surface area (Å²) in [5.74, 6) is -1.12. The van der Waals surface area contributed by atoms with Gasteiger partial charge in [0.1, 0.15) is 0 Å². The second-order valence-electron chi connectivity index (χ2n) is 2.83. The number of benzene rings is 1. The molecule has 0 aliphatic carbocycles. The van der Waals surface area contributed by atoms with E-state index in [1.54, 1.807) is 12.1 Å². The molecule has 0 saturated carbocycles. The third-order valence-electron chi connectivity index (χ3n) is 1.90. The predicted octanol–water partition coefficient (Wildman–Crippen LogP) is 2.20. The Morgan fingerprint density at radius 3 is 2.38 bits per heavy atom. The van der Waals surface area contributed by atoms with Crippen LogP contribution in [0.3, 0.4) is 0 Å². The van der Waals surface area contributed by atoms with Gasteiger partial charge in [-0.05, 0) is 12.1 Å². The molecule has 0 heterocycles. The van der Waals surface area contributed by atoms with Crippen LogP contribution in [-0.2, 0) is 13.6 Å². The van der Waals surface area contributed by atoms with Crippen LogP contribution in [0.4, 0.5) is 5.69 Å². The average Bonchev–Trinajstić information content (AvgIpc) is 2.29. The first-order chi connectivity index (χ1) is 7.52. The van der Waals surface area contributed by atoms with E-state index >= 15 is 0 Å². The molecule has 0 saturated heterocycles. The zero-order chi connectivity index (χ0) is 12.2. The minimum Gasteiger partial charge on any atom is -0.478 e. The number of anilines is 1. The number of carbonyl (C=O) groups is 1. The summed E-state index contributed by atoms with van der Waals surface area (Å²) in [5, 5.41) is 11.3. The van der Waals surface area contributed by atoms with E-state index in [1.807, 2.05) is 0 Å². The first kappa shape index (κ1) is 12.7. The normalized spacial score (nSPS) is 11.1. The van der Waals surface area contributed by atoms with E-state index in [-0.39, 0.29) is 11.3 Å². The Hall–Kier alpha value is -1.36. The zero-order valence-corrected chi connectivity index (χ0v) is 9.73. The van der Waals surface area contributed by atoms with Crippen LogP contribution in [0, 0.1) is 0 Å². The van der Waals surface area contributed by atoms with Gasteiger partial charge in [-0.15, -0.1) is 0 Å². The molecule has 1 rings (SSSR count). The number of carboxylic acids is 1. The smallest absolute Gasteiger partial charge is 0.432 e. The number of rotatable bonds is 5. The van der Waals surface area contributed by atoms with Crippen molar-refractivity contribution in [2.24, 2.45) is 0 Å². The van der Waals surface area contributed by atoms with Crippen LogP contribution in [0.25, 0.3) is 0 Å². The lowest BCUT2D eigenvalue weighted by molar-refractivity contribution is 0.0698. The fourth-order valence-corrected chi connectivity index (χ4v) is 1.90. The first-order valence-corrected chi connectivity index (χ1v) is 5.89. The largest absolute Gasteiger partial charge is 0.478 e. The second kappa shape index (κ2) is 5.12. The van der Waals surface area contributed by atoms with Crippen LogP contribution >= 0.6 is 7.75 Å². The number of hydrogen-bond donors (Lipinski definition) is 2. The van der Waals surface area contributed by atoms with Gasteiger partial charge in [0, 0.05) is 14.2 Å². The summed E-state index contributed by atoms with van der Waals surface area (Å²) < 4.78 is 21.1. The van der Waals surface area contributed by atoms with Crippen LogP contribution in [0.15, 0.2) is 24.3 Å². The number of carboxylic acid groups (broad SMARTS) is 1. The Balaban J connectivity index is 3.06. The van der Waals surface area contributed by atoms with Crippen LogP contribution < -0.4 is 5.09 Å². The van der Waals surface area contributed by atoms with Gasteiger partial charge in [0.2, 0.25) is 0 Å². The van der Waals surface area contributed by atoms with E-state index in [0.717, 1.165) is 0 Å². The van der Waals surface area contributed by atoms with Gasteiger partial charge < -0.3 is 5.11 Å². The monoisotopic (exact) mass is 245 g/mol. The lowest BCUT2D eigenvalue weighted by Gasteiger charge is -2.16. The molecule has 2 N–H and O–H groups in total. The maximum absolute atomic E-state index is 11.7. The van der Waals surface area contributed by atoms with Crippen LogP contribution in [0.2, 0.25) is 0 Å². The van der Waals surface area contributed by atoms with Gasteiger partial charge in [0.15, 0.2) is 0 Å². The summed E-state index contributed by atoms with van der Waals surface area (Å²) in [7, 11) is -1.07. The molecule has 0 aliphatic heterocycles. The molecule has 0 atom stereocenters. The van der Waals surface area contributed by atoms with Gasteiger partial charge in [0.05, 0.1) is 11.3 Å². The highest BCUT2D eigenvalue weighted by Crippen LogP contribution is 2.46. The number of nitrogens with one attached hydrogen (secondary N) is 1. The molecule has 0 aromatic heterocycles. The van der Waals surface area contributed by atoms with Crippen molar-refractivity contribution in [3.05, 3.63) is 29.8 Å². The molecule has 0 bridgehead atoms. The lowest BCUT2D eigenvalue weighted by Crippen LogP contribution is -2.06. The molecule has 6 nitrogen and oxygen atoms in total. The topological polar surface area (TPSA) is 84.9 Å². The van der Waals surface area contributed by atoms with Crippen molar-refractivity contribution in [2.75, 3.05) is 19.3 Å². The molecule has 1 aromatic carbocycles. The SMILES string of the molecule is COP(=O)(Nc1ccccc1C(=O)O)OC. The fourth-order valence-electron chi connectivity index (χ4n) is 1.08. The Morgan fingerprint density at radius 1 is 1.31 bits per heavy atom. The molecule has 88 valence electrons. The van der Waals surface area contributed by atoms with Gasteiger partial charge in [-0.25, -0.2) is 9.36 Å². The van der Waals surface area contributed by atoms with Crippen molar-refractivity contribution in [3.8, 4) is 0 Å². The van der Waals surface area contributed by atoms with Crippen molar-refractivity contribution >= 4 is 19.4 Å². The van der Waals surface area contributed by atoms with Crippen LogP contribution in [-0.4, -0.2) is 25.3 Å². The maximum atomic E-state index is 11.7. The second-order valence-corrected chi connectivity index (χ2v) is 4.77. The highest BCUT2D eigenvalue weighted by Gasteiger charge is 2.23. The van der Waals surface area contributed by atoms with Gasteiger partial charge >= 0.3 is 13.7 Å². The molecular formula is C9H12NO5P. The molecule has 0 radical (unpaired) electrons. The van der Waals surface area contributed by atoms with E-state index in [1.165, 1.54) is 26.4 Å². The van der Waals surface area contributed by atoms with Crippen molar-refractivity contribution in [1.29, 1.82) is 0 Å². The summed E-state index contributed by atoms with van der Waals surface area (Å²) in [6, 6.07) is 6.05. The van der Waals surface area contributed by atoms with Crippen molar-refractivity contribution < 1.29 is 23.5 Å². The van der Waals surface area contributed by atoms with E-state index < -0.39 is 13.7 Å². The Morgan fingerprint density at radius 2 is 1.88 bits per heavy atom. The average molecular weight is 245 g/mol. The van der Waals surface area contributed by atoms with Crippen molar-refractivity contribution in [1.82, 2.24) is 0 Å². The lowest BCUT2D eigenvalue weighted by atomic mass is 10.2. The molecule has 7 heteroatoms. The summed E-state index contributed by atoms with van der Waals surface area (Å²) in [6.07, 6.45) is 0. The first-order valence-electron chi connectivity index (χ1n) is 4.34. The maximum Gasteiger partial charge on any atom is 0.432 e. The number of aromatic carboxylic acids is 1. The highest BCUT2D eigenvalue weighted by molar-refractivity contribution is 7.55. The van der Waals surface area contributed by atoms with Crippen LogP contribution in [0.5, 0.6) is 0 Å². The molecule has 0 spiro atoms. The highest BCUT2D eigenvalue weighted by atomic mass is 31.2. The van der Waals surface area contributed by atoms with E-state index in [9.17, 15) is 9.36 Å². The van der Waals surface area contributed by atoms with Gasteiger partial charge in [-0.1, -0.05) is 12.1 Å². The Kier molecular flexibility index (Phi) is 4.06. The Bertz CT molecular complexity index is 426. The summed E-state index contributed by atoms with van der Waals surface area (Å²) in [4.78, 5) is 10.9. The number of hydrogen-bond acceptors (Lipinski definition) is 4. The minimum absolute atomic E-state index is 0.00294. The summed E-state index contributed by atoms with van der Waals surface area (Å²) >= 11 is 0. The number of para-hydroxylation sites is 1. The van der Waals surface area contributed by atoms with E-state index in [4.69, 9.17) is 5.11 Å². The van der Waals surface area contributed by atoms with Crippen molar-refractivity contribution in [2.45, 2.75) is 0 Å². The van der Waals surface area contributed by atoms with Gasteiger partial charge in [-0.3, -0.25) is 14.1 Å². The molecular weight excluding hydrogens is 233 g/mol. The Labute approximate surface area is 92.8 Å². The molecule has 1 aromatic rings. The zero-order valence-electron chi connectivity index (χ0n) is 8.84. The molecule has 0 amide bonds. The van der Waals surface area contributed by atoms with Gasteiger partial charge in [0.25, 0.3) is 0 Å². The van der Waals surface area contributed by atoms with Crippen LogP contribution in [0.1, 0.15) is 10.4 Å². The van der Waals surface area contributed by atoms with Gasteiger partial charge in [-0.2, -0.15) is 0 Å². The van der Waals surface area contributed by atoms with Crippen molar-refractivity contribution in [3.63, 3.8) is 0 Å². The molecule has 16 heavy (non-hydrogen) atoms. The van der Waals surface area contributed by atoms with E-state index in [0.29, 0.717) is 0 Å². The standard InChI is InChI=1S/C9H12NO5P/c1-14-16(13,15-2)10-8-6-4-3-5-7(8)9(11)12/h3-6H,1-2H3,(H,10,13)(H,11,12). The molecule has 0 unspecified atom stereocenters. The summed E-state index contributed by atoms with van der Waals surface area (Å²) in [5.41, 5.74) is 0.179. The third-order valence-corrected chi connectivity index (χ3v) is 3.37. The molecule has 0 fully saturated rings. The third kappa shape index (κ3) is 2.82. The quantitative estimate of drug-likeness (QED) is 0.773. The minimum atomic E-state index is -3.48. The van der Waals surface area contributed by atoms with E-state index in [2.05, 4.69) is 14.1 Å². The fraction of sp³-hybridized carbons (Fsp3) is 0.222. The molecule has 0 aliphatic rings. The predicted molar refractivity (Wildman–Crippen MR) is 58.6 cm³/mol.